The third-order valence-electron chi connectivity index (χ3n) is 3.88. The van der Waals surface area contributed by atoms with Gasteiger partial charge in [-0.25, -0.2) is 0 Å². The molecule has 0 aliphatic carbocycles. The van der Waals surface area contributed by atoms with Gasteiger partial charge in [0.05, 0.1) is 23.4 Å². The lowest BCUT2D eigenvalue weighted by molar-refractivity contribution is -0.0890. The molecular weight excluding hydrogens is 216 g/mol. The molecule has 0 saturated carbocycles. The summed E-state index contributed by atoms with van der Waals surface area (Å²) in [7, 11) is 1.71. The molecule has 1 aliphatic rings. The standard InChI is InChI=1S/C14H28O3/c1-10(16-6)7-8-12(15)11-9-13(2,3)17-14(11,4)5/h10-12,15H,7-9H2,1-6H3. The summed E-state index contributed by atoms with van der Waals surface area (Å²) < 4.78 is 11.2. The third-order valence-corrected chi connectivity index (χ3v) is 3.88. The Hall–Kier alpha value is -0.120. The topological polar surface area (TPSA) is 38.7 Å². The Labute approximate surface area is 105 Å². The van der Waals surface area contributed by atoms with Gasteiger partial charge >= 0.3 is 0 Å². The van der Waals surface area contributed by atoms with Crippen molar-refractivity contribution in [2.75, 3.05) is 7.11 Å². The molecule has 17 heavy (non-hydrogen) atoms. The Morgan fingerprint density at radius 2 is 1.88 bits per heavy atom. The zero-order valence-corrected chi connectivity index (χ0v) is 12.1. The summed E-state index contributed by atoms with van der Waals surface area (Å²) in [6.45, 7) is 10.4. The van der Waals surface area contributed by atoms with E-state index in [1.807, 2.05) is 6.92 Å². The molecule has 0 aromatic heterocycles. The summed E-state index contributed by atoms with van der Waals surface area (Å²) in [5.74, 6) is 0.210. The minimum atomic E-state index is -0.302. The molecule has 1 saturated heterocycles. The molecule has 1 heterocycles. The van der Waals surface area contributed by atoms with Gasteiger partial charge in [0.15, 0.2) is 0 Å². The summed E-state index contributed by atoms with van der Waals surface area (Å²) in [4.78, 5) is 0. The van der Waals surface area contributed by atoms with Crippen LogP contribution in [0.25, 0.3) is 0 Å². The predicted octanol–water partition coefficient (Wildman–Crippen LogP) is 2.76. The van der Waals surface area contributed by atoms with E-state index in [0.29, 0.717) is 0 Å². The van der Waals surface area contributed by atoms with Gasteiger partial charge in [0.2, 0.25) is 0 Å². The van der Waals surface area contributed by atoms with Crippen LogP contribution in [0.3, 0.4) is 0 Å². The predicted molar refractivity (Wildman–Crippen MR) is 69.1 cm³/mol. The van der Waals surface area contributed by atoms with E-state index in [0.717, 1.165) is 19.3 Å². The first-order valence-electron chi connectivity index (χ1n) is 6.59. The van der Waals surface area contributed by atoms with E-state index in [4.69, 9.17) is 9.47 Å². The molecule has 0 aromatic rings. The van der Waals surface area contributed by atoms with Crippen molar-refractivity contribution < 1.29 is 14.6 Å². The molecule has 1 rings (SSSR count). The maximum absolute atomic E-state index is 10.3. The summed E-state index contributed by atoms with van der Waals surface area (Å²) in [5.41, 5.74) is -0.360. The number of rotatable bonds is 5. The summed E-state index contributed by atoms with van der Waals surface area (Å²) in [6, 6.07) is 0. The fourth-order valence-electron chi connectivity index (χ4n) is 2.93. The van der Waals surface area contributed by atoms with Crippen LogP contribution in [0.5, 0.6) is 0 Å². The van der Waals surface area contributed by atoms with Crippen molar-refractivity contribution in [1.29, 1.82) is 0 Å². The maximum Gasteiger partial charge on any atom is 0.0687 e. The molecule has 3 unspecified atom stereocenters. The SMILES string of the molecule is COC(C)CCC(O)C1CC(C)(C)OC1(C)C. The number of hydrogen-bond donors (Lipinski definition) is 1. The molecule has 1 fully saturated rings. The fourth-order valence-corrected chi connectivity index (χ4v) is 2.93. The van der Waals surface area contributed by atoms with Gasteiger partial charge < -0.3 is 14.6 Å². The van der Waals surface area contributed by atoms with Gasteiger partial charge in [0, 0.05) is 13.0 Å². The van der Waals surface area contributed by atoms with Gasteiger partial charge in [-0.3, -0.25) is 0 Å². The van der Waals surface area contributed by atoms with E-state index >= 15 is 0 Å². The summed E-state index contributed by atoms with van der Waals surface area (Å²) in [5, 5.41) is 10.3. The third kappa shape index (κ3) is 3.94. The number of aliphatic hydroxyl groups excluding tert-OH is 1. The molecule has 1 aliphatic heterocycles. The Morgan fingerprint density at radius 1 is 1.29 bits per heavy atom. The van der Waals surface area contributed by atoms with Gasteiger partial charge in [-0.05, 0) is 53.9 Å². The second-order valence-corrected chi connectivity index (χ2v) is 6.47. The average molecular weight is 244 g/mol. The van der Waals surface area contributed by atoms with Gasteiger partial charge in [-0.15, -0.1) is 0 Å². The van der Waals surface area contributed by atoms with Crippen LogP contribution in [-0.2, 0) is 9.47 Å². The van der Waals surface area contributed by atoms with E-state index < -0.39 is 0 Å². The normalized spacial score (nSPS) is 30.2. The molecule has 1 N–H and O–H groups in total. The van der Waals surface area contributed by atoms with Crippen molar-refractivity contribution in [2.24, 2.45) is 5.92 Å². The van der Waals surface area contributed by atoms with Crippen molar-refractivity contribution in [1.82, 2.24) is 0 Å². The highest BCUT2D eigenvalue weighted by Crippen LogP contribution is 2.44. The Bertz CT molecular complexity index is 248. The van der Waals surface area contributed by atoms with Crippen LogP contribution >= 0.6 is 0 Å². The zero-order chi connectivity index (χ0) is 13.3. The lowest BCUT2D eigenvalue weighted by Gasteiger charge is -2.30. The van der Waals surface area contributed by atoms with Gasteiger partial charge in [0.25, 0.3) is 0 Å². The smallest absolute Gasteiger partial charge is 0.0687 e. The van der Waals surface area contributed by atoms with Crippen LogP contribution < -0.4 is 0 Å². The molecule has 102 valence electrons. The van der Waals surface area contributed by atoms with E-state index in [1.54, 1.807) is 7.11 Å². The van der Waals surface area contributed by atoms with Crippen molar-refractivity contribution in [3.8, 4) is 0 Å². The number of methoxy groups -OCH3 is 1. The van der Waals surface area contributed by atoms with Crippen molar-refractivity contribution >= 4 is 0 Å². The van der Waals surface area contributed by atoms with E-state index in [1.165, 1.54) is 0 Å². The molecule has 0 bridgehead atoms. The average Bonchev–Trinajstić information content (AvgIpc) is 2.42. The quantitative estimate of drug-likeness (QED) is 0.808. The molecule has 0 aromatic carbocycles. The highest BCUT2D eigenvalue weighted by atomic mass is 16.5. The fraction of sp³-hybridized carbons (Fsp3) is 1.00. The Morgan fingerprint density at radius 3 is 2.29 bits per heavy atom. The van der Waals surface area contributed by atoms with E-state index in [2.05, 4.69) is 27.7 Å². The molecule has 0 amide bonds. The van der Waals surface area contributed by atoms with Crippen molar-refractivity contribution in [2.45, 2.75) is 77.3 Å². The number of ether oxygens (including phenoxy) is 2. The van der Waals surface area contributed by atoms with E-state index in [9.17, 15) is 5.11 Å². The van der Waals surface area contributed by atoms with E-state index in [-0.39, 0.29) is 29.3 Å². The minimum Gasteiger partial charge on any atom is -0.393 e. The first-order chi connectivity index (χ1) is 7.68. The van der Waals surface area contributed by atoms with Crippen LogP contribution in [0.4, 0.5) is 0 Å². The van der Waals surface area contributed by atoms with Crippen LogP contribution in [0.15, 0.2) is 0 Å². The van der Waals surface area contributed by atoms with Crippen LogP contribution in [0.2, 0.25) is 0 Å². The van der Waals surface area contributed by atoms with Crippen molar-refractivity contribution in [3.63, 3.8) is 0 Å². The lowest BCUT2D eigenvalue weighted by atomic mass is 9.81. The second-order valence-electron chi connectivity index (χ2n) is 6.47. The molecule has 3 heteroatoms. The van der Waals surface area contributed by atoms with Crippen LogP contribution in [0.1, 0.15) is 53.9 Å². The van der Waals surface area contributed by atoms with Gasteiger partial charge in [-0.1, -0.05) is 0 Å². The summed E-state index contributed by atoms with van der Waals surface area (Å²) >= 11 is 0. The van der Waals surface area contributed by atoms with Crippen LogP contribution in [-0.4, -0.2) is 35.6 Å². The number of aliphatic hydroxyl groups is 1. The molecule has 3 atom stereocenters. The first kappa shape index (κ1) is 14.9. The zero-order valence-electron chi connectivity index (χ0n) is 12.1. The number of hydrogen-bond acceptors (Lipinski definition) is 3. The lowest BCUT2D eigenvalue weighted by Crippen LogP contribution is -2.36. The second kappa shape index (κ2) is 5.25. The highest BCUT2D eigenvalue weighted by molar-refractivity contribution is 4.97. The summed E-state index contributed by atoms with van der Waals surface area (Å²) in [6.07, 6.45) is 2.50. The molecule has 0 radical (unpaired) electrons. The first-order valence-corrected chi connectivity index (χ1v) is 6.59. The monoisotopic (exact) mass is 244 g/mol. The largest absolute Gasteiger partial charge is 0.393 e. The van der Waals surface area contributed by atoms with Crippen molar-refractivity contribution in [3.05, 3.63) is 0 Å². The highest BCUT2D eigenvalue weighted by Gasteiger charge is 2.48. The van der Waals surface area contributed by atoms with Gasteiger partial charge in [-0.2, -0.15) is 0 Å². The van der Waals surface area contributed by atoms with Gasteiger partial charge in [0.1, 0.15) is 0 Å². The maximum atomic E-state index is 10.3. The van der Waals surface area contributed by atoms with Crippen LogP contribution in [0, 0.1) is 5.92 Å². The molecule has 3 nitrogen and oxygen atoms in total. The minimum absolute atomic E-state index is 0.123. The molecule has 0 spiro atoms. The Balaban J connectivity index is 2.54. The molecular formula is C14H28O3. The Kier molecular flexibility index (Phi) is 4.61.